The number of methoxy groups -OCH3 is 1. The first-order chi connectivity index (χ1) is 9.15. The van der Waals surface area contributed by atoms with E-state index in [9.17, 15) is 10.1 Å². The molecule has 1 heterocycles. The van der Waals surface area contributed by atoms with Crippen LogP contribution in [-0.4, -0.2) is 31.7 Å². The topological polar surface area (TPSA) is 66.2 Å². The van der Waals surface area contributed by atoms with Crippen LogP contribution in [0, 0.1) is 11.3 Å². The minimum absolute atomic E-state index is 0.0521. The Labute approximate surface area is 111 Å². The van der Waals surface area contributed by atoms with Crippen LogP contribution in [0.3, 0.4) is 0 Å². The molecule has 0 spiro atoms. The molecule has 0 bridgehead atoms. The lowest BCUT2D eigenvalue weighted by atomic mass is 10.1. The van der Waals surface area contributed by atoms with E-state index < -0.39 is 0 Å². The van der Waals surface area contributed by atoms with Crippen molar-refractivity contribution in [2.45, 2.75) is 0 Å². The summed E-state index contributed by atoms with van der Waals surface area (Å²) in [6.07, 6.45) is 0. The Balaban J connectivity index is 2.46. The van der Waals surface area contributed by atoms with Gasteiger partial charge in [0.1, 0.15) is 18.4 Å². The van der Waals surface area contributed by atoms with Crippen LogP contribution in [0.5, 0.6) is 0 Å². The first kappa shape index (κ1) is 12.8. The number of fused-ring (bicyclic) bond motifs is 1. The predicted molar refractivity (Wildman–Crippen MR) is 71.7 cm³/mol. The molecule has 0 atom stereocenters. The van der Waals surface area contributed by atoms with E-state index in [0.717, 1.165) is 10.9 Å². The van der Waals surface area contributed by atoms with Gasteiger partial charge in [0.2, 0.25) is 0 Å². The molecule has 0 amide bonds. The number of nitriles is 1. The van der Waals surface area contributed by atoms with Crippen molar-refractivity contribution in [3.05, 3.63) is 35.9 Å². The Morgan fingerprint density at radius 1 is 1.47 bits per heavy atom. The predicted octanol–water partition coefficient (Wildman–Crippen LogP) is 1.72. The third-order valence-corrected chi connectivity index (χ3v) is 2.78. The number of rotatable bonds is 3. The van der Waals surface area contributed by atoms with Gasteiger partial charge < -0.3 is 9.64 Å². The monoisotopic (exact) mass is 255 g/mol. The number of nitrogens with zero attached hydrogens (tertiary/aromatic N) is 3. The van der Waals surface area contributed by atoms with Crippen LogP contribution in [0.25, 0.3) is 10.9 Å². The average molecular weight is 255 g/mol. The van der Waals surface area contributed by atoms with Crippen molar-refractivity contribution in [1.82, 2.24) is 4.98 Å². The molecule has 0 aliphatic heterocycles. The molecule has 0 aliphatic carbocycles. The zero-order valence-electron chi connectivity index (χ0n) is 10.8. The molecule has 0 N–H and O–H groups in total. The van der Waals surface area contributed by atoms with Crippen molar-refractivity contribution >= 4 is 22.7 Å². The number of carbonyl (C=O) groups is 1. The Kier molecular flexibility index (Phi) is 3.62. The van der Waals surface area contributed by atoms with Crippen LogP contribution in [-0.2, 0) is 9.53 Å². The number of ether oxygens (including phenoxy) is 1. The van der Waals surface area contributed by atoms with Gasteiger partial charge in [0.25, 0.3) is 0 Å². The summed E-state index contributed by atoms with van der Waals surface area (Å²) < 4.78 is 4.61. The molecule has 0 aliphatic rings. The minimum Gasteiger partial charge on any atom is -0.468 e. The third-order valence-electron chi connectivity index (χ3n) is 2.78. The molecule has 0 radical (unpaired) electrons. The smallest absolute Gasteiger partial charge is 0.325 e. The van der Waals surface area contributed by atoms with E-state index in [4.69, 9.17) is 0 Å². The van der Waals surface area contributed by atoms with E-state index in [2.05, 4.69) is 15.8 Å². The van der Waals surface area contributed by atoms with Crippen molar-refractivity contribution < 1.29 is 9.53 Å². The Bertz CT molecular complexity index is 661. The lowest BCUT2D eigenvalue weighted by Crippen LogP contribution is -2.27. The van der Waals surface area contributed by atoms with Crippen LogP contribution in [0.4, 0.5) is 5.82 Å². The lowest BCUT2D eigenvalue weighted by Gasteiger charge is -2.18. The van der Waals surface area contributed by atoms with E-state index in [1.165, 1.54) is 7.11 Å². The summed E-state index contributed by atoms with van der Waals surface area (Å²) in [5, 5.41) is 10.1. The second-order valence-corrected chi connectivity index (χ2v) is 4.10. The van der Waals surface area contributed by atoms with Gasteiger partial charge in [-0.25, -0.2) is 4.98 Å². The highest BCUT2D eigenvalue weighted by Gasteiger charge is 2.14. The second kappa shape index (κ2) is 5.36. The number of hydrogen-bond acceptors (Lipinski definition) is 5. The molecule has 1 aromatic heterocycles. The van der Waals surface area contributed by atoms with Crippen LogP contribution in [0.2, 0.25) is 0 Å². The maximum absolute atomic E-state index is 11.3. The van der Waals surface area contributed by atoms with Gasteiger partial charge >= 0.3 is 5.97 Å². The van der Waals surface area contributed by atoms with E-state index >= 15 is 0 Å². The second-order valence-electron chi connectivity index (χ2n) is 4.10. The van der Waals surface area contributed by atoms with Gasteiger partial charge in [0.05, 0.1) is 18.2 Å². The van der Waals surface area contributed by atoms with Gasteiger partial charge in [0.15, 0.2) is 0 Å². The highest BCUT2D eigenvalue weighted by molar-refractivity contribution is 5.84. The summed E-state index contributed by atoms with van der Waals surface area (Å²) in [6.45, 7) is 0.0521. The molecule has 2 rings (SSSR count). The molecule has 19 heavy (non-hydrogen) atoms. The van der Waals surface area contributed by atoms with Crippen LogP contribution >= 0.6 is 0 Å². The highest BCUT2D eigenvalue weighted by atomic mass is 16.5. The molecular formula is C14H13N3O2. The van der Waals surface area contributed by atoms with Crippen LogP contribution in [0.1, 0.15) is 5.56 Å². The summed E-state index contributed by atoms with van der Waals surface area (Å²) in [5.74, 6) is 0.105. The fraction of sp³-hybridized carbons (Fsp3) is 0.214. The van der Waals surface area contributed by atoms with Gasteiger partial charge in [0, 0.05) is 12.4 Å². The van der Waals surface area contributed by atoms with Crippen molar-refractivity contribution in [3.63, 3.8) is 0 Å². The molecular weight excluding hydrogens is 242 g/mol. The number of hydrogen-bond donors (Lipinski definition) is 0. The van der Waals surface area contributed by atoms with Crippen molar-refractivity contribution in [1.29, 1.82) is 5.26 Å². The zero-order valence-corrected chi connectivity index (χ0v) is 10.8. The number of para-hydroxylation sites is 1. The lowest BCUT2D eigenvalue weighted by molar-refractivity contribution is -0.138. The van der Waals surface area contributed by atoms with Gasteiger partial charge in [-0.1, -0.05) is 18.2 Å². The normalized spacial score (nSPS) is 9.95. The Morgan fingerprint density at radius 3 is 2.89 bits per heavy atom. The van der Waals surface area contributed by atoms with Crippen molar-refractivity contribution in [2.75, 3.05) is 25.6 Å². The summed E-state index contributed by atoms with van der Waals surface area (Å²) in [5.41, 5.74) is 1.22. The molecule has 0 unspecified atom stereocenters. The molecule has 2 aromatic rings. The fourth-order valence-corrected chi connectivity index (χ4v) is 1.81. The summed E-state index contributed by atoms with van der Waals surface area (Å²) in [4.78, 5) is 17.3. The summed E-state index contributed by atoms with van der Waals surface area (Å²) in [7, 11) is 3.03. The number of esters is 1. The number of likely N-dealkylation sites (N-methyl/N-ethyl adjacent to an activating group) is 1. The van der Waals surface area contributed by atoms with Gasteiger partial charge in [-0.15, -0.1) is 0 Å². The SMILES string of the molecule is COC(=O)CN(C)c1nc2ccccc2cc1C#N. The Morgan fingerprint density at radius 2 is 2.21 bits per heavy atom. The van der Waals surface area contributed by atoms with Gasteiger partial charge in [-0.3, -0.25) is 4.79 Å². The first-order valence-corrected chi connectivity index (χ1v) is 5.73. The molecule has 5 heteroatoms. The van der Waals surface area contributed by atoms with Crippen molar-refractivity contribution in [3.8, 4) is 6.07 Å². The maximum atomic E-state index is 11.3. The third kappa shape index (κ3) is 2.63. The fourth-order valence-electron chi connectivity index (χ4n) is 1.81. The molecule has 0 saturated heterocycles. The Hall–Kier alpha value is -2.61. The molecule has 0 fully saturated rings. The minimum atomic E-state index is -0.374. The van der Waals surface area contributed by atoms with E-state index in [-0.39, 0.29) is 12.5 Å². The number of pyridine rings is 1. The average Bonchev–Trinajstić information content (AvgIpc) is 2.45. The van der Waals surface area contributed by atoms with Gasteiger partial charge in [-0.2, -0.15) is 5.26 Å². The summed E-state index contributed by atoms with van der Waals surface area (Å²) in [6, 6.07) is 11.4. The van der Waals surface area contributed by atoms with E-state index in [1.54, 1.807) is 18.0 Å². The number of aromatic nitrogens is 1. The molecule has 96 valence electrons. The quantitative estimate of drug-likeness (QED) is 0.781. The molecule has 5 nitrogen and oxygen atoms in total. The largest absolute Gasteiger partial charge is 0.468 e. The molecule has 0 saturated carbocycles. The summed E-state index contributed by atoms with van der Waals surface area (Å²) >= 11 is 0. The maximum Gasteiger partial charge on any atom is 0.325 e. The van der Waals surface area contributed by atoms with Gasteiger partial charge in [-0.05, 0) is 12.1 Å². The number of anilines is 1. The van der Waals surface area contributed by atoms with E-state index in [0.29, 0.717) is 11.4 Å². The standard InChI is InChI=1S/C14H13N3O2/c1-17(9-13(18)19-2)14-11(8-15)7-10-5-3-4-6-12(10)16-14/h3-7H,9H2,1-2H3. The molecule has 1 aromatic carbocycles. The first-order valence-electron chi connectivity index (χ1n) is 5.73. The van der Waals surface area contributed by atoms with Crippen LogP contribution < -0.4 is 4.90 Å². The van der Waals surface area contributed by atoms with Crippen LogP contribution in [0.15, 0.2) is 30.3 Å². The van der Waals surface area contributed by atoms with E-state index in [1.807, 2.05) is 24.3 Å². The van der Waals surface area contributed by atoms with Crippen molar-refractivity contribution in [2.24, 2.45) is 0 Å². The zero-order chi connectivity index (χ0) is 13.8. The number of carbonyl (C=O) groups excluding carboxylic acids is 1. The highest BCUT2D eigenvalue weighted by Crippen LogP contribution is 2.22. The number of benzene rings is 1.